The van der Waals surface area contributed by atoms with Gasteiger partial charge in [0.1, 0.15) is 11.5 Å². The third kappa shape index (κ3) is 3.68. The molecule has 0 bridgehead atoms. The molecular weight excluding hydrogens is 365 g/mol. The van der Waals surface area contributed by atoms with Crippen LogP contribution in [0.5, 0.6) is 0 Å². The van der Waals surface area contributed by atoms with Gasteiger partial charge in [-0.05, 0) is 54.6 Å². The van der Waals surface area contributed by atoms with Gasteiger partial charge in [0, 0.05) is 24.6 Å². The van der Waals surface area contributed by atoms with E-state index in [-0.39, 0.29) is 23.4 Å². The topological polar surface area (TPSA) is 66.1 Å². The van der Waals surface area contributed by atoms with Crippen LogP contribution < -0.4 is 0 Å². The lowest BCUT2D eigenvalue weighted by Gasteiger charge is -2.31. The summed E-state index contributed by atoms with van der Waals surface area (Å²) in [7, 11) is 0. The summed E-state index contributed by atoms with van der Waals surface area (Å²) in [4.78, 5) is 27.9. The zero-order valence-electron chi connectivity index (χ0n) is 14.5. The molecule has 1 aliphatic heterocycles. The molecule has 4 rings (SSSR count). The summed E-state index contributed by atoms with van der Waals surface area (Å²) in [6.07, 6.45) is 1.59. The number of Topliss-reactive ketones (excluding diaryl/α,β-unsaturated/α-hetero) is 1. The summed E-state index contributed by atoms with van der Waals surface area (Å²) < 4.78 is 13.1. The van der Waals surface area contributed by atoms with Gasteiger partial charge in [0.2, 0.25) is 0 Å². The number of benzene rings is 1. The Morgan fingerprint density at radius 3 is 2.78 bits per heavy atom. The van der Waals surface area contributed by atoms with Crippen molar-refractivity contribution in [3.63, 3.8) is 0 Å². The van der Waals surface area contributed by atoms with Gasteiger partial charge in [-0.25, -0.2) is 4.39 Å². The summed E-state index contributed by atoms with van der Waals surface area (Å²) >= 11 is 1.44. The van der Waals surface area contributed by atoms with Crippen LogP contribution in [0.15, 0.2) is 47.8 Å². The number of H-pyrrole nitrogens is 1. The molecule has 0 unspecified atom stereocenters. The standard InChI is InChI=1S/C20H18FN3O2S/c21-15-7-5-13(6-8-15)16-11-17(23-22-16)20(26)24-9-1-3-14(12-24)19(25)18-4-2-10-27-18/h2,4-8,10-11,14H,1,3,9,12H2,(H,22,23)/t14-/m0/s1. The fourth-order valence-corrected chi connectivity index (χ4v) is 4.11. The Balaban J connectivity index is 1.48. The Morgan fingerprint density at radius 2 is 2.04 bits per heavy atom. The van der Waals surface area contributed by atoms with Crippen LogP contribution in [0.3, 0.4) is 0 Å². The maximum absolute atomic E-state index is 13.1. The smallest absolute Gasteiger partial charge is 0.271 e. The predicted molar refractivity (Wildman–Crippen MR) is 101 cm³/mol. The molecule has 0 spiro atoms. The van der Waals surface area contributed by atoms with Crippen molar-refractivity contribution in [2.75, 3.05) is 13.1 Å². The van der Waals surface area contributed by atoms with E-state index in [1.807, 2.05) is 17.5 Å². The summed E-state index contributed by atoms with van der Waals surface area (Å²) in [5.74, 6) is -0.542. The molecule has 1 saturated heterocycles. The lowest BCUT2D eigenvalue weighted by atomic mass is 9.93. The van der Waals surface area contributed by atoms with E-state index in [0.717, 1.165) is 23.3 Å². The number of rotatable bonds is 4. The second-order valence-electron chi connectivity index (χ2n) is 6.61. The summed E-state index contributed by atoms with van der Waals surface area (Å²) in [5, 5.41) is 8.83. The van der Waals surface area contributed by atoms with Crippen molar-refractivity contribution in [2.45, 2.75) is 12.8 Å². The first-order valence-corrected chi connectivity index (χ1v) is 9.68. The van der Waals surface area contributed by atoms with Crippen LogP contribution >= 0.6 is 11.3 Å². The SMILES string of the molecule is O=C(c1cccs1)[C@H]1CCCN(C(=O)c2cc(-c3ccc(F)cc3)n[nH]2)C1. The normalized spacial score (nSPS) is 17.1. The first-order valence-electron chi connectivity index (χ1n) is 8.80. The van der Waals surface area contributed by atoms with Crippen LogP contribution in [0.2, 0.25) is 0 Å². The van der Waals surface area contributed by atoms with Gasteiger partial charge in [0.15, 0.2) is 5.78 Å². The molecule has 3 heterocycles. The van der Waals surface area contributed by atoms with E-state index in [2.05, 4.69) is 10.2 Å². The minimum absolute atomic E-state index is 0.110. The molecule has 3 aromatic rings. The zero-order valence-corrected chi connectivity index (χ0v) is 15.3. The largest absolute Gasteiger partial charge is 0.337 e. The minimum atomic E-state index is -0.319. The van der Waals surface area contributed by atoms with Crippen molar-refractivity contribution in [1.82, 2.24) is 15.1 Å². The number of aromatic amines is 1. The fraction of sp³-hybridized carbons (Fsp3) is 0.250. The maximum atomic E-state index is 13.1. The summed E-state index contributed by atoms with van der Waals surface area (Å²) in [6, 6.07) is 11.3. The third-order valence-electron chi connectivity index (χ3n) is 4.79. The third-order valence-corrected chi connectivity index (χ3v) is 5.68. The molecule has 27 heavy (non-hydrogen) atoms. The molecule has 0 aliphatic carbocycles. The van der Waals surface area contributed by atoms with Gasteiger partial charge in [0.05, 0.1) is 10.6 Å². The molecule has 1 aliphatic rings. The zero-order chi connectivity index (χ0) is 18.8. The first kappa shape index (κ1) is 17.6. The number of likely N-dealkylation sites (tertiary alicyclic amines) is 1. The monoisotopic (exact) mass is 383 g/mol. The Kier molecular flexibility index (Phi) is 4.85. The van der Waals surface area contributed by atoms with E-state index >= 15 is 0 Å². The first-order chi connectivity index (χ1) is 13.1. The Hall–Kier alpha value is -2.80. The molecular formula is C20H18FN3O2S. The second-order valence-corrected chi connectivity index (χ2v) is 7.55. The van der Waals surface area contributed by atoms with E-state index in [4.69, 9.17) is 0 Å². The highest BCUT2D eigenvalue weighted by Gasteiger charge is 2.30. The molecule has 7 heteroatoms. The van der Waals surface area contributed by atoms with Crippen LogP contribution in [0.4, 0.5) is 4.39 Å². The number of amides is 1. The van der Waals surface area contributed by atoms with Crippen molar-refractivity contribution >= 4 is 23.0 Å². The Labute approximate surface area is 159 Å². The second kappa shape index (κ2) is 7.44. The number of hydrogen-bond acceptors (Lipinski definition) is 4. The maximum Gasteiger partial charge on any atom is 0.271 e. The van der Waals surface area contributed by atoms with E-state index in [0.29, 0.717) is 24.5 Å². The minimum Gasteiger partial charge on any atom is -0.337 e. The summed E-state index contributed by atoms with van der Waals surface area (Å²) in [6.45, 7) is 1.04. The lowest BCUT2D eigenvalue weighted by molar-refractivity contribution is 0.0633. The van der Waals surface area contributed by atoms with Gasteiger partial charge in [0.25, 0.3) is 5.91 Å². The molecule has 1 N–H and O–H groups in total. The number of nitrogens with one attached hydrogen (secondary N) is 1. The van der Waals surface area contributed by atoms with Crippen LogP contribution in [0.25, 0.3) is 11.3 Å². The highest BCUT2D eigenvalue weighted by atomic mass is 32.1. The van der Waals surface area contributed by atoms with Crippen LogP contribution in [-0.2, 0) is 0 Å². The van der Waals surface area contributed by atoms with Gasteiger partial charge in [-0.1, -0.05) is 6.07 Å². The highest BCUT2D eigenvalue weighted by Crippen LogP contribution is 2.25. The van der Waals surface area contributed by atoms with Gasteiger partial charge >= 0.3 is 0 Å². The van der Waals surface area contributed by atoms with Crippen molar-refractivity contribution in [2.24, 2.45) is 5.92 Å². The van der Waals surface area contributed by atoms with Crippen LogP contribution in [0, 0.1) is 11.7 Å². The van der Waals surface area contributed by atoms with Crippen molar-refractivity contribution in [3.8, 4) is 11.3 Å². The number of aromatic nitrogens is 2. The Morgan fingerprint density at radius 1 is 1.22 bits per heavy atom. The highest BCUT2D eigenvalue weighted by molar-refractivity contribution is 7.12. The number of piperidine rings is 1. The lowest BCUT2D eigenvalue weighted by Crippen LogP contribution is -2.42. The van der Waals surface area contributed by atoms with Gasteiger partial charge in [-0.2, -0.15) is 5.10 Å². The molecule has 1 amide bonds. The predicted octanol–water partition coefficient (Wildman–Crippen LogP) is 4.01. The molecule has 1 aromatic carbocycles. The fourth-order valence-electron chi connectivity index (χ4n) is 3.37. The molecule has 5 nitrogen and oxygen atoms in total. The van der Waals surface area contributed by atoms with Gasteiger partial charge in [-0.3, -0.25) is 14.7 Å². The quantitative estimate of drug-likeness (QED) is 0.692. The number of nitrogens with zero attached hydrogens (tertiary/aromatic N) is 2. The number of halogens is 1. The molecule has 1 atom stereocenters. The molecule has 138 valence electrons. The van der Waals surface area contributed by atoms with Crippen LogP contribution in [0.1, 0.15) is 33.0 Å². The van der Waals surface area contributed by atoms with E-state index in [9.17, 15) is 14.0 Å². The van der Waals surface area contributed by atoms with E-state index in [1.165, 1.54) is 23.5 Å². The van der Waals surface area contributed by atoms with Crippen molar-refractivity contribution in [3.05, 3.63) is 64.2 Å². The number of ketones is 1. The molecule has 1 fully saturated rings. The van der Waals surface area contributed by atoms with Crippen molar-refractivity contribution in [1.29, 1.82) is 0 Å². The number of thiophene rings is 1. The van der Waals surface area contributed by atoms with E-state index in [1.54, 1.807) is 23.1 Å². The molecule has 0 saturated carbocycles. The summed E-state index contributed by atoms with van der Waals surface area (Å²) in [5.41, 5.74) is 1.69. The van der Waals surface area contributed by atoms with Gasteiger partial charge < -0.3 is 4.90 Å². The molecule has 0 radical (unpaired) electrons. The van der Waals surface area contributed by atoms with E-state index < -0.39 is 0 Å². The average molecular weight is 383 g/mol. The average Bonchev–Trinajstić information content (AvgIpc) is 3.40. The Bertz CT molecular complexity index is 950. The van der Waals surface area contributed by atoms with Crippen LogP contribution in [-0.4, -0.2) is 39.9 Å². The number of hydrogen-bond donors (Lipinski definition) is 1. The molecule has 2 aromatic heterocycles. The number of carbonyl (C=O) groups excluding carboxylic acids is 2. The van der Waals surface area contributed by atoms with Crippen molar-refractivity contribution < 1.29 is 14.0 Å². The van der Waals surface area contributed by atoms with Gasteiger partial charge in [-0.15, -0.1) is 11.3 Å². The number of carbonyl (C=O) groups is 2.